The molecule has 2 aliphatic heterocycles. The van der Waals surface area contributed by atoms with Crippen LogP contribution < -0.4 is 10.2 Å². The van der Waals surface area contributed by atoms with Gasteiger partial charge in [0.05, 0.1) is 17.4 Å². The van der Waals surface area contributed by atoms with Crippen molar-refractivity contribution in [1.82, 2.24) is 4.90 Å². The van der Waals surface area contributed by atoms with Crippen molar-refractivity contribution < 1.29 is 4.79 Å². The van der Waals surface area contributed by atoms with Crippen molar-refractivity contribution in [2.24, 2.45) is 0 Å². The summed E-state index contributed by atoms with van der Waals surface area (Å²) in [6.07, 6.45) is 0.556. The highest BCUT2D eigenvalue weighted by Gasteiger charge is 2.32. The Labute approximate surface area is 136 Å². The van der Waals surface area contributed by atoms with Gasteiger partial charge in [0.1, 0.15) is 0 Å². The zero-order valence-electron chi connectivity index (χ0n) is 13.1. The molecule has 0 saturated carbocycles. The summed E-state index contributed by atoms with van der Waals surface area (Å²) in [4.78, 5) is 17.1. The summed E-state index contributed by atoms with van der Waals surface area (Å²) < 4.78 is 0. The lowest BCUT2D eigenvalue weighted by atomic mass is 10.1. The molecule has 4 rings (SSSR count). The van der Waals surface area contributed by atoms with Crippen LogP contribution in [0.3, 0.4) is 0 Å². The van der Waals surface area contributed by atoms with Gasteiger partial charge in [0, 0.05) is 32.6 Å². The first-order chi connectivity index (χ1) is 11.3. The maximum atomic E-state index is 12.2. The Hall–Kier alpha value is -2.33. The SMILES string of the molecule is O=C1CC2CN(Cc3ccccc3)CCN2c2ccccc2N1. The molecule has 1 amide bonds. The predicted octanol–water partition coefficient (Wildman–Crippen LogP) is 2.72. The van der Waals surface area contributed by atoms with Crippen molar-refractivity contribution in [2.45, 2.75) is 19.0 Å². The van der Waals surface area contributed by atoms with E-state index in [9.17, 15) is 4.79 Å². The van der Waals surface area contributed by atoms with E-state index in [-0.39, 0.29) is 11.9 Å². The van der Waals surface area contributed by atoms with Crippen molar-refractivity contribution in [2.75, 3.05) is 29.9 Å². The van der Waals surface area contributed by atoms with E-state index in [1.165, 1.54) is 5.56 Å². The Morgan fingerprint density at radius 2 is 1.78 bits per heavy atom. The lowest BCUT2D eigenvalue weighted by molar-refractivity contribution is -0.116. The highest BCUT2D eigenvalue weighted by atomic mass is 16.1. The molecule has 2 aromatic carbocycles. The van der Waals surface area contributed by atoms with E-state index in [4.69, 9.17) is 0 Å². The first-order valence-electron chi connectivity index (χ1n) is 8.21. The maximum absolute atomic E-state index is 12.2. The lowest BCUT2D eigenvalue weighted by Crippen LogP contribution is -2.53. The van der Waals surface area contributed by atoms with Crippen LogP contribution in [-0.2, 0) is 11.3 Å². The van der Waals surface area contributed by atoms with E-state index in [0.29, 0.717) is 6.42 Å². The van der Waals surface area contributed by atoms with E-state index in [0.717, 1.165) is 37.6 Å². The number of nitrogens with one attached hydrogen (secondary N) is 1. The molecular weight excluding hydrogens is 286 g/mol. The number of para-hydroxylation sites is 2. The average molecular weight is 307 g/mol. The molecule has 23 heavy (non-hydrogen) atoms. The summed E-state index contributed by atoms with van der Waals surface area (Å²) in [5.41, 5.74) is 3.43. The van der Waals surface area contributed by atoms with Crippen LogP contribution in [0.1, 0.15) is 12.0 Å². The van der Waals surface area contributed by atoms with Gasteiger partial charge in [-0.1, -0.05) is 42.5 Å². The van der Waals surface area contributed by atoms with Crippen LogP contribution in [0.5, 0.6) is 0 Å². The second-order valence-corrected chi connectivity index (χ2v) is 6.34. The monoisotopic (exact) mass is 307 g/mol. The molecule has 1 N–H and O–H groups in total. The highest BCUT2D eigenvalue weighted by molar-refractivity contribution is 5.96. The summed E-state index contributed by atoms with van der Waals surface area (Å²) in [5.74, 6) is 0.117. The smallest absolute Gasteiger partial charge is 0.226 e. The molecule has 1 fully saturated rings. The van der Waals surface area contributed by atoms with E-state index in [2.05, 4.69) is 45.4 Å². The standard InChI is InChI=1S/C19H21N3O/c23-19-12-16-14-21(13-15-6-2-1-3-7-15)10-11-22(16)18-9-5-4-8-17(18)20-19/h1-9,16H,10-14H2,(H,20,23). The average Bonchev–Trinajstić information content (AvgIpc) is 2.70. The molecule has 1 saturated heterocycles. The summed E-state index contributed by atoms with van der Waals surface area (Å²) >= 11 is 0. The van der Waals surface area contributed by atoms with Gasteiger partial charge in [0.15, 0.2) is 0 Å². The van der Waals surface area contributed by atoms with Gasteiger partial charge in [0.2, 0.25) is 5.91 Å². The van der Waals surface area contributed by atoms with Gasteiger partial charge in [-0.3, -0.25) is 9.69 Å². The minimum absolute atomic E-state index is 0.117. The first-order valence-corrected chi connectivity index (χ1v) is 8.21. The van der Waals surface area contributed by atoms with Crippen LogP contribution in [-0.4, -0.2) is 36.5 Å². The number of carbonyl (C=O) groups is 1. The topological polar surface area (TPSA) is 35.6 Å². The molecule has 0 radical (unpaired) electrons. The number of carbonyl (C=O) groups excluding carboxylic acids is 1. The number of anilines is 2. The molecule has 0 bridgehead atoms. The molecule has 1 unspecified atom stereocenters. The molecule has 4 heteroatoms. The Kier molecular flexibility index (Phi) is 3.75. The number of hydrogen-bond acceptors (Lipinski definition) is 3. The molecule has 0 spiro atoms. The van der Waals surface area contributed by atoms with Gasteiger partial charge < -0.3 is 10.2 Å². The van der Waals surface area contributed by atoms with Crippen LogP contribution >= 0.6 is 0 Å². The number of amides is 1. The normalized spacial score (nSPS) is 21.1. The molecule has 2 heterocycles. The molecule has 0 aliphatic carbocycles. The Morgan fingerprint density at radius 1 is 1.00 bits per heavy atom. The molecule has 118 valence electrons. The maximum Gasteiger partial charge on any atom is 0.226 e. The van der Waals surface area contributed by atoms with Gasteiger partial charge in [-0.05, 0) is 17.7 Å². The molecule has 0 aromatic heterocycles. The van der Waals surface area contributed by atoms with Crippen molar-refractivity contribution in [1.29, 1.82) is 0 Å². The predicted molar refractivity (Wildman–Crippen MR) is 92.5 cm³/mol. The fourth-order valence-electron chi connectivity index (χ4n) is 3.64. The Morgan fingerprint density at radius 3 is 2.65 bits per heavy atom. The van der Waals surface area contributed by atoms with Crippen molar-refractivity contribution >= 4 is 17.3 Å². The third-order valence-corrected chi connectivity index (χ3v) is 4.72. The van der Waals surface area contributed by atoms with E-state index in [1.54, 1.807) is 0 Å². The molecule has 2 aromatic rings. The van der Waals surface area contributed by atoms with Crippen molar-refractivity contribution in [3.05, 3.63) is 60.2 Å². The van der Waals surface area contributed by atoms with Gasteiger partial charge in [-0.2, -0.15) is 0 Å². The van der Waals surface area contributed by atoms with Crippen LogP contribution in [0.4, 0.5) is 11.4 Å². The quantitative estimate of drug-likeness (QED) is 0.926. The number of fused-ring (bicyclic) bond motifs is 3. The lowest BCUT2D eigenvalue weighted by Gasteiger charge is -2.42. The van der Waals surface area contributed by atoms with E-state index < -0.39 is 0 Å². The minimum Gasteiger partial charge on any atom is -0.364 e. The number of hydrogen-bond donors (Lipinski definition) is 1. The number of benzene rings is 2. The Balaban J connectivity index is 1.54. The van der Waals surface area contributed by atoms with Crippen LogP contribution in [0, 0.1) is 0 Å². The highest BCUT2D eigenvalue weighted by Crippen LogP contribution is 2.33. The van der Waals surface area contributed by atoms with Crippen molar-refractivity contribution in [3.8, 4) is 0 Å². The van der Waals surface area contributed by atoms with Crippen LogP contribution in [0.2, 0.25) is 0 Å². The zero-order chi connectivity index (χ0) is 15.6. The molecular formula is C19H21N3O. The van der Waals surface area contributed by atoms with Gasteiger partial charge >= 0.3 is 0 Å². The summed E-state index contributed by atoms with van der Waals surface area (Å²) in [6, 6.07) is 18.9. The summed E-state index contributed by atoms with van der Waals surface area (Å²) in [6.45, 7) is 3.86. The van der Waals surface area contributed by atoms with Crippen LogP contribution in [0.25, 0.3) is 0 Å². The number of nitrogens with zero attached hydrogens (tertiary/aromatic N) is 2. The van der Waals surface area contributed by atoms with Gasteiger partial charge in [-0.15, -0.1) is 0 Å². The Bertz CT molecular complexity index is 701. The van der Waals surface area contributed by atoms with Gasteiger partial charge in [-0.25, -0.2) is 0 Å². The number of piperazine rings is 1. The summed E-state index contributed by atoms with van der Waals surface area (Å²) in [7, 11) is 0. The third-order valence-electron chi connectivity index (χ3n) is 4.72. The van der Waals surface area contributed by atoms with E-state index in [1.807, 2.05) is 24.3 Å². The molecule has 2 aliphatic rings. The first kappa shape index (κ1) is 14.3. The zero-order valence-corrected chi connectivity index (χ0v) is 13.1. The van der Waals surface area contributed by atoms with Gasteiger partial charge in [0.25, 0.3) is 0 Å². The van der Waals surface area contributed by atoms with Crippen molar-refractivity contribution in [3.63, 3.8) is 0 Å². The minimum atomic E-state index is 0.117. The molecule has 4 nitrogen and oxygen atoms in total. The fraction of sp³-hybridized carbons (Fsp3) is 0.316. The third kappa shape index (κ3) is 2.94. The largest absolute Gasteiger partial charge is 0.364 e. The molecule has 1 atom stereocenters. The van der Waals surface area contributed by atoms with E-state index >= 15 is 0 Å². The number of rotatable bonds is 2. The fourth-order valence-corrected chi connectivity index (χ4v) is 3.64. The second-order valence-electron chi connectivity index (χ2n) is 6.34. The van der Waals surface area contributed by atoms with Crippen LogP contribution in [0.15, 0.2) is 54.6 Å². The second kappa shape index (κ2) is 6.05. The summed E-state index contributed by atoms with van der Waals surface area (Å²) in [5, 5.41) is 3.04.